The van der Waals surface area contributed by atoms with E-state index in [2.05, 4.69) is 10.3 Å². The van der Waals surface area contributed by atoms with E-state index in [-0.39, 0.29) is 0 Å². The number of ether oxygens (including phenoxy) is 1. The normalized spacial score (nSPS) is 12.6. The molecule has 5 nitrogen and oxygen atoms in total. The highest BCUT2D eigenvalue weighted by Crippen LogP contribution is 2.21. The number of aliphatic hydroxyl groups is 1. The van der Waals surface area contributed by atoms with Crippen LogP contribution < -0.4 is 0 Å². The van der Waals surface area contributed by atoms with Crippen LogP contribution in [-0.4, -0.2) is 27.2 Å². The van der Waals surface area contributed by atoms with E-state index in [4.69, 9.17) is 4.74 Å². The van der Waals surface area contributed by atoms with Gasteiger partial charge in [0.1, 0.15) is 6.10 Å². The molecule has 0 bridgehead atoms. The van der Waals surface area contributed by atoms with Crippen molar-refractivity contribution in [3.63, 3.8) is 0 Å². The second-order valence-electron chi connectivity index (χ2n) is 3.86. The lowest BCUT2D eigenvalue weighted by molar-refractivity contribution is 0.183. The highest BCUT2D eigenvalue weighted by molar-refractivity contribution is 5.29. The Morgan fingerprint density at radius 2 is 2.29 bits per heavy atom. The van der Waals surface area contributed by atoms with Gasteiger partial charge in [-0.1, -0.05) is 29.5 Å². The fourth-order valence-corrected chi connectivity index (χ4v) is 1.74. The van der Waals surface area contributed by atoms with Crippen LogP contribution in [0.1, 0.15) is 22.9 Å². The van der Waals surface area contributed by atoms with Gasteiger partial charge in [0.2, 0.25) is 0 Å². The zero-order valence-corrected chi connectivity index (χ0v) is 9.87. The van der Waals surface area contributed by atoms with Crippen LogP contribution in [0, 0.1) is 0 Å². The molecule has 0 saturated heterocycles. The van der Waals surface area contributed by atoms with E-state index in [1.54, 1.807) is 25.0 Å². The number of benzene rings is 1. The van der Waals surface area contributed by atoms with Crippen LogP contribution in [-0.2, 0) is 18.4 Å². The summed E-state index contributed by atoms with van der Waals surface area (Å²) in [6.45, 7) is 0.532. The van der Waals surface area contributed by atoms with Crippen molar-refractivity contribution < 1.29 is 9.84 Å². The van der Waals surface area contributed by atoms with Crippen molar-refractivity contribution in [3.8, 4) is 0 Å². The van der Waals surface area contributed by atoms with Gasteiger partial charge in [-0.3, -0.25) is 0 Å². The Kier molecular flexibility index (Phi) is 3.51. The standard InChI is InChI=1S/C12H15N3O2/c1-15-11(7-13-14-15)12(16)10-5-3-4-9(6-10)8-17-2/h3-7,12,16H,8H2,1-2H3. The zero-order valence-electron chi connectivity index (χ0n) is 9.87. The molecular formula is C12H15N3O2. The number of aliphatic hydroxyl groups excluding tert-OH is 1. The lowest BCUT2D eigenvalue weighted by Crippen LogP contribution is -2.07. The highest BCUT2D eigenvalue weighted by atomic mass is 16.5. The van der Waals surface area contributed by atoms with Gasteiger partial charge in [0.25, 0.3) is 0 Å². The summed E-state index contributed by atoms with van der Waals surface area (Å²) in [6.07, 6.45) is 0.847. The van der Waals surface area contributed by atoms with Crippen LogP contribution >= 0.6 is 0 Å². The molecule has 90 valence electrons. The van der Waals surface area contributed by atoms with E-state index < -0.39 is 6.10 Å². The second-order valence-corrected chi connectivity index (χ2v) is 3.86. The topological polar surface area (TPSA) is 60.2 Å². The third-order valence-corrected chi connectivity index (χ3v) is 2.61. The largest absolute Gasteiger partial charge is 0.382 e. The van der Waals surface area contributed by atoms with Crippen molar-refractivity contribution in [2.24, 2.45) is 7.05 Å². The molecule has 0 aliphatic rings. The average molecular weight is 233 g/mol. The van der Waals surface area contributed by atoms with Gasteiger partial charge in [-0.2, -0.15) is 0 Å². The van der Waals surface area contributed by atoms with Gasteiger partial charge >= 0.3 is 0 Å². The van der Waals surface area contributed by atoms with Crippen LogP contribution in [0.2, 0.25) is 0 Å². The third kappa shape index (κ3) is 2.51. The van der Waals surface area contributed by atoms with Crippen molar-refractivity contribution in [1.82, 2.24) is 15.0 Å². The smallest absolute Gasteiger partial charge is 0.122 e. The quantitative estimate of drug-likeness (QED) is 0.857. The summed E-state index contributed by atoms with van der Waals surface area (Å²) in [5.74, 6) is 0. The van der Waals surface area contributed by atoms with Crippen LogP contribution in [0.4, 0.5) is 0 Å². The maximum Gasteiger partial charge on any atom is 0.122 e. The van der Waals surface area contributed by atoms with Crippen LogP contribution in [0.25, 0.3) is 0 Å². The summed E-state index contributed by atoms with van der Waals surface area (Å²) < 4.78 is 6.63. The van der Waals surface area contributed by atoms with Crippen molar-refractivity contribution in [2.75, 3.05) is 7.11 Å². The van der Waals surface area contributed by atoms with E-state index in [0.717, 1.165) is 11.1 Å². The van der Waals surface area contributed by atoms with E-state index in [1.807, 2.05) is 24.3 Å². The van der Waals surface area contributed by atoms with Crippen LogP contribution in [0.5, 0.6) is 0 Å². The Morgan fingerprint density at radius 1 is 1.47 bits per heavy atom. The number of aryl methyl sites for hydroxylation is 1. The predicted octanol–water partition coefficient (Wildman–Crippen LogP) is 1.04. The van der Waals surface area contributed by atoms with E-state index >= 15 is 0 Å². The molecule has 0 fully saturated rings. The monoisotopic (exact) mass is 233 g/mol. The molecule has 1 N–H and O–H groups in total. The third-order valence-electron chi connectivity index (χ3n) is 2.61. The van der Waals surface area contributed by atoms with Gasteiger partial charge < -0.3 is 9.84 Å². The first-order chi connectivity index (χ1) is 8.22. The molecule has 1 unspecified atom stereocenters. The molecule has 2 rings (SSSR count). The number of methoxy groups -OCH3 is 1. The average Bonchev–Trinajstić information content (AvgIpc) is 2.75. The first-order valence-electron chi connectivity index (χ1n) is 5.33. The van der Waals surface area contributed by atoms with E-state index in [9.17, 15) is 5.11 Å². The highest BCUT2D eigenvalue weighted by Gasteiger charge is 2.14. The molecule has 0 radical (unpaired) electrons. The molecular weight excluding hydrogens is 218 g/mol. The van der Waals surface area contributed by atoms with E-state index in [0.29, 0.717) is 12.3 Å². The minimum atomic E-state index is -0.716. The molecule has 5 heteroatoms. The van der Waals surface area contributed by atoms with Gasteiger partial charge in [-0.05, 0) is 11.1 Å². The molecule has 17 heavy (non-hydrogen) atoms. The molecule has 1 aromatic heterocycles. The minimum absolute atomic E-state index is 0.532. The van der Waals surface area contributed by atoms with Crippen molar-refractivity contribution >= 4 is 0 Å². The Bertz CT molecular complexity index is 496. The SMILES string of the molecule is COCc1cccc(C(O)c2cnnn2C)c1. The second kappa shape index (κ2) is 5.07. The molecule has 1 heterocycles. The summed E-state index contributed by atoms with van der Waals surface area (Å²) >= 11 is 0. The number of aromatic nitrogens is 3. The Hall–Kier alpha value is -1.72. The fraction of sp³-hybridized carbons (Fsp3) is 0.333. The van der Waals surface area contributed by atoms with Crippen LogP contribution in [0.3, 0.4) is 0 Å². The van der Waals surface area contributed by atoms with Crippen molar-refractivity contribution in [1.29, 1.82) is 0 Å². The Labute approximate surface area is 99.7 Å². The molecule has 0 aliphatic heterocycles. The summed E-state index contributed by atoms with van der Waals surface area (Å²) in [6, 6.07) is 7.65. The van der Waals surface area contributed by atoms with Gasteiger partial charge in [0.05, 0.1) is 18.5 Å². The van der Waals surface area contributed by atoms with Gasteiger partial charge in [-0.25, -0.2) is 4.68 Å². The van der Waals surface area contributed by atoms with Crippen LogP contribution in [0.15, 0.2) is 30.5 Å². The summed E-state index contributed by atoms with van der Waals surface area (Å²) in [5, 5.41) is 17.8. The predicted molar refractivity (Wildman–Crippen MR) is 62.2 cm³/mol. The summed E-state index contributed by atoms with van der Waals surface area (Å²) in [7, 11) is 3.40. The molecule has 1 aromatic carbocycles. The maximum absolute atomic E-state index is 10.2. The number of nitrogens with zero attached hydrogens (tertiary/aromatic N) is 3. The minimum Gasteiger partial charge on any atom is -0.382 e. The molecule has 0 saturated carbocycles. The molecule has 2 aromatic rings. The Balaban J connectivity index is 2.28. The van der Waals surface area contributed by atoms with Crippen molar-refractivity contribution in [3.05, 3.63) is 47.3 Å². The summed E-state index contributed by atoms with van der Waals surface area (Å²) in [4.78, 5) is 0. The lowest BCUT2D eigenvalue weighted by atomic mass is 10.0. The zero-order chi connectivity index (χ0) is 12.3. The van der Waals surface area contributed by atoms with Gasteiger partial charge in [-0.15, -0.1) is 5.10 Å². The molecule has 1 atom stereocenters. The first-order valence-corrected chi connectivity index (χ1v) is 5.33. The first kappa shape index (κ1) is 11.8. The van der Waals surface area contributed by atoms with Gasteiger partial charge in [0.15, 0.2) is 0 Å². The Morgan fingerprint density at radius 3 is 2.94 bits per heavy atom. The fourth-order valence-electron chi connectivity index (χ4n) is 1.74. The van der Waals surface area contributed by atoms with Gasteiger partial charge in [0, 0.05) is 14.2 Å². The molecule has 0 amide bonds. The molecule has 0 spiro atoms. The van der Waals surface area contributed by atoms with Crippen molar-refractivity contribution in [2.45, 2.75) is 12.7 Å². The van der Waals surface area contributed by atoms with E-state index in [1.165, 1.54) is 0 Å². The number of hydrogen-bond acceptors (Lipinski definition) is 4. The summed E-state index contributed by atoms with van der Waals surface area (Å²) in [5.41, 5.74) is 2.50. The number of hydrogen-bond donors (Lipinski definition) is 1. The molecule has 0 aliphatic carbocycles. The number of rotatable bonds is 4. The maximum atomic E-state index is 10.2. The lowest BCUT2D eigenvalue weighted by Gasteiger charge is -2.11.